The summed E-state index contributed by atoms with van der Waals surface area (Å²) in [4.78, 5) is 0. The molecule has 1 heteroatoms. The Hall–Kier alpha value is -0.0400. The first-order valence-electron chi connectivity index (χ1n) is 6.63. The predicted molar refractivity (Wildman–Crippen MR) is 59.2 cm³/mol. The molecule has 1 nitrogen and oxygen atoms in total. The molecule has 0 aromatic carbocycles. The molecular weight excluding hydrogens is 170 g/mol. The van der Waals surface area contributed by atoms with Crippen molar-refractivity contribution < 1.29 is 0 Å². The molecule has 0 spiro atoms. The van der Waals surface area contributed by atoms with Gasteiger partial charge in [-0.2, -0.15) is 0 Å². The molecule has 3 aliphatic carbocycles. The zero-order chi connectivity index (χ0) is 9.54. The minimum Gasteiger partial charge on any atom is -0.311 e. The molecule has 14 heavy (non-hydrogen) atoms. The van der Waals surface area contributed by atoms with Gasteiger partial charge in [-0.1, -0.05) is 26.2 Å². The molecule has 3 saturated carbocycles. The Morgan fingerprint density at radius 3 is 2.79 bits per heavy atom. The van der Waals surface area contributed by atoms with Crippen LogP contribution in [0.3, 0.4) is 0 Å². The van der Waals surface area contributed by atoms with Crippen LogP contribution in [0.2, 0.25) is 0 Å². The Morgan fingerprint density at radius 2 is 2.00 bits per heavy atom. The van der Waals surface area contributed by atoms with E-state index in [0.29, 0.717) is 0 Å². The standard InChI is InChI=1S/C13H23N/c1-2-9-6-11(7-9)14-13-5-3-4-10-8-12(10)13/h9-14H,2-8H2,1H3/t9?,10-,11?,12+,13?/m0/s1. The zero-order valence-corrected chi connectivity index (χ0v) is 9.34. The summed E-state index contributed by atoms with van der Waals surface area (Å²) in [7, 11) is 0. The third-order valence-corrected chi connectivity index (χ3v) is 4.85. The van der Waals surface area contributed by atoms with Gasteiger partial charge >= 0.3 is 0 Å². The van der Waals surface area contributed by atoms with Gasteiger partial charge in [-0.25, -0.2) is 0 Å². The third kappa shape index (κ3) is 1.60. The van der Waals surface area contributed by atoms with Gasteiger partial charge in [-0.15, -0.1) is 0 Å². The Morgan fingerprint density at radius 1 is 1.14 bits per heavy atom. The van der Waals surface area contributed by atoms with Crippen LogP contribution in [0, 0.1) is 17.8 Å². The average molecular weight is 193 g/mol. The van der Waals surface area contributed by atoms with Gasteiger partial charge in [0, 0.05) is 12.1 Å². The highest BCUT2D eigenvalue weighted by molar-refractivity contribution is 5.00. The Balaban J connectivity index is 1.44. The van der Waals surface area contributed by atoms with E-state index in [1.165, 1.54) is 38.5 Å². The van der Waals surface area contributed by atoms with Crippen molar-refractivity contribution in [3.8, 4) is 0 Å². The van der Waals surface area contributed by atoms with E-state index in [9.17, 15) is 0 Å². The maximum absolute atomic E-state index is 3.91. The summed E-state index contributed by atoms with van der Waals surface area (Å²) >= 11 is 0. The van der Waals surface area contributed by atoms with Crippen molar-refractivity contribution in [1.29, 1.82) is 0 Å². The molecule has 0 aromatic rings. The van der Waals surface area contributed by atoms with Gasteiger partial charge < -0.3 is 5.32 Å². The van der Waals surface area contributed by atoms with Crippen molar-refractivity contribution in [1.82, 2.24) is 5.32 Å². The monoisotopic (exact) mass is 193 g/mol. The molecule has 1 N–H and O–H groups in total. The van der Waals surface area contributed by atoms with Gasteiger partial charge in [-0.05, 0) is 43.4 Å². The molecule has 0 radical (unpaired) electrons. The summed E-state index contributed by atoms with van der Waals surface area (Å²) in [6.07, 6.45) is 10.4. The molecule has 1 unspecified atom stereocenters. The lowest BCUT2D eigenvalue weighted by Crippen LogP contribution is -2.47. The minimum absolute atomic E-state index is 0.893. The number of hydrogen-bond acceptors (Lipinski definition) is 1. The van der Waals surface area contributed by atoms with E-state index in [-0.39, 0.29) is 0 Å². The molecule has 0 aromatic heterocycles. The minimum atomic E-state index is 0.893. The topological polar surface area (TPSA) is 12.0 Å². The maximum Gasteiger partial charge on any atom is 0.0101 e. The second kappa shape index (κ2) is 3.52. The Bertz CT molecular complexity index is 207. The molecule has 0 heterocycles. The van der Waals surface area contributed by atoms with Crippen LogP contribution in [0.4, 0.5) is 0 Å². The molecular formula is C13H23N. The van der Waals surface area contributed by atoms with Crippen LogP contribution in [0.15, 0.2) is 0 Å². The normalized spacial score (nSPS) is 50.8. The lowest BCUT2D eigenvalue weighted by Gasteiger charge is -2.39. The summed E-state index contributed by atoms with van der Waals surface area (Å²) in [6.45, 7) is 2.33. The SMILES string of the molecule is CCC1CC(NC2CCC[C@H]3C[C@@H]23)C1. The molecule has 3 rings (SSSR count). The second-order valence-corrected chi connectivity index (χ2v) is 5.81. The summed E-state index contributed by atoms with van der Waals surface area (Å²) in [5, 5.41) is 3.91. The fourth-order valence-corrected chi connectivity index (χ4v) is 3.62. The van der Waals surface area contributed by atoms with Crippen molar-refractivity contribution >= 4 is 0 Å². The Kier molecular flexibility index (Phi) is 2.31. The number of rotatable bonds is 3. The fourth-order valence-electron chi connectivity index (χ4n) is 3.62. The van der Waals surface area contributed by atoms with Crippen molar-refractivity contribution in [3.05, 3.63) is 0 Å². The zero-order valence-electron chi connectivity index (χ0n) is 9.34. The Labute approximate surface area is 87.7 Å². The first-order chi connectivity index (χ1) is 6.86. The van der Waals surface area contributed by atoms with Crippen LogP contribution in [0.1, 0.15) is 51.9 Å². The van der Waals surface area contributed by atoms with Crippen LogP contribution in [-0.4, -0.2) is 12.1 Å². The summed E-state index contributed by atoms with van der Waals surface area (Å²) < 4.78 is 0. The average Bonchev–Trinajstić information content (AvgIpc) is 2.89. The van der Waals surface area contributed by atoms with E-state index in [1.54, 1.807) is 6.42 Å². The summed E-state index contributed by atoms with van der Waals surface area (Å²) in [6, 6.07) is 1.81. The van der Waals surface area contributed by atoms with Crippen LogP contribution < -0.4 is 5.32 Å². The van der Waals surface area contributed by atoms with Gasteiger partial charge in [-0.3, -0.25) is 0 Å². The lowest BCUT2D eigenvalue weighted by molar-refractivity contribution is 0.182. The van der Waals surface area contributed by atoms with E-state index < -0.39 is 0 Å². The summed E-state index contributed by atoms with van der Waals surface area (Å²) in [5.41, 5.74) is 0. The van der Waals surface area contributed by atoms with Crippen molar-refractivity contribution in [2.24, 2.45) is 17.8 Å². The van der Waals surface area contributed by atoms with Crippen molar-refractivity contribution in [3.63, 3.8) is 0 Å². The first-order valence-corrected chi connectivity index (χ1v) is 6.63. The quantitative estimate of drug-likeness (QED) is 0.726. The number of hydrogen-bond donors (Lipinski definition) is 1. The smallest absolute Gasteiger partial charge is 0.0101 e. The van der Waals surface area contributed by atoms with Crippen LogP contribution >= 0.6 is 0 Å². The molecule has 3 fully saturated rings. The van der Waals surface area contributed by atoms with E-state index in [1.807, 2.05) is 0 Å². The van der Waals surface area contributed by atoms with E-state index in [0.717, 1.165) is 29.8 Å². The van der Waals surface area contributed by atoms with Crippen LogP contribution in [0.25, 0.3) is 0 Å². The first kappa shape index (κ1) is 9.21. The summed E-state index contributed by atoms with van der Waals surface area (Å²) in [5.74, 6) is 3.26. The van der Waals surface area contributed by atoms with Crippen molar-refractivity contribution in [2.45, 2.75) is 64.0 Å². The second-order valence-electron chi connectivity index (χ2n) is 5.81. The van der Waals surface area contributed by atoms with Crippen molar-refractivity contribution in [2.75, 3.05) is 0 Å². The molecule has 0 amide bonds. The van der Waals surface area contributed by atoms with Gasteiger partial charge in [0.1, 0.15) is 0 Å². The highest BCUT2D eigenvalue weighted by Gasteiger charge is 2.46. The largest absolute Gasteiger partial charge is 0.311 e. The highest BCUT2D eigenvalue weighted by Crippen LogP contribution is 2.50. The van der Waals surface area contributed by atoms with Gasteiger partial charge in [0.05, 0.1) is 0 Å². The van der Waals surface area contributed by atoms with Gasteiger partial charge in [0.2, 0.25) is 0 Å². The molecule has 80 valence electrons. The van der Waals surface area contributed by atoms with Gasteiger partial charge in [0.15, 0.2) is 0 Å². The van der Waals surface area contributed by atoms with E-state index in [4.69, 9.17) is 0 Å². The maximum atomic E-state index is 3.91. The highest BCUT2D eigenvalue weighted by atomic mass is 15.0. The predicted octanol–water partition coefficient (Wildman–Crippen LogP) is 2.95. The van der Waals surface area contributed by atoms with E-state index >= 15 is 0 Å². The molecule has 0 aliphatic heterocycles. The lowest BCUT2D eigenvalue weighted by atomic mass is 9.78. The van der Waals surface area contributed by atoms with Crippen LogP contribution in [-0.2, 0) is 0 Å². The van der Waals surface area contributed by atoms with Gasteiger partial charge in [0.25, 0.3) is 0 Å². The number of fused-ring (bicyclic) bond motifs is 1. The van der Waals surface area contributed by atoms with E-state index in [2.05, 4.69) is 12.2 Å². The molecule has 0 saturated heterocycles. The molecule has 0 bridgehead atoms. The number of nitrogens with one attached hydrogen (secondary N) is 1. The molecule has 3 atom stereocenters. The fraction of sp³-hybridized carbons (Fsp3) is 1.00. The molecule has 3 aliphatic rings. The third-order valence-electron chi connectivity index (χ3n) is 4.85. The van der Waals surface area contributed by atoms with Crippen LogP contribution in [0.5, 0.6) is 0 Å².